The molecule has 0 amide bonds. The average Bonchev–Trinajstić information content (AvgIpc) is 3.93. The van der Waals surface area contributed by atoms with Crippen molar-refractivity contribution in [1.29, 1.82) is 0 Å². The lowest BCUT2D eigenvalue weighted by Gasteiger charge is -2.13. The number of hydrogen-bond donors (Lipinski definition) is 0. The van der Waals surface area contributed by atoms with Crippen LogP contribution in [-0.2, 0) is 0 Å². The van der Waals surface area contributed by atoms with Crippen molar-refractivity contribution in [3.05, 3.63) is 218 Å². The van der Waals surface area contributed by atoms with E-state index in [4.69, 9.17) is 19.4 Å². The molecule has 0 spiro atoms. The molecule has 0 fully saturated rings. The Balaban J connectivity index is 1.05. The molecule has 306 valence electrons. The summed E-state index contributed by atoms with van der Waals surface area (Å²) in [4.78, 5) is 16.0. The number of furan rings is 1. The van der Waals surface area contributed by atoms with Crippen LogP contribution in [0.25, 0.3) is 138 Å². The minimum Gasteiger partial charge on any atom is -0.454 e. The van der Waals surface area contributed by atoms with Gasteiger partial charge in [-0.2, -0.15) is 0 Å². The molecule has 0 aliphatic heterocycles. The van der Waals surface area contributed by atoms with E-state index in [1.807, 2.05) is 18.2 Å². The van der Waals surface area contributed by atoms with Crippen LogP contribution >= 0.6 is 0 Å². The Kier molecular flexibility index (Phi) is 7.91. The summed E-state index contributed by atoms with van der Waals surface area (Å²) in [5.41, 5.74) is 9.69. The van der Waals surface area contributed by atoms with Crippen molar-refractivity contribution in [1.82, 2.24) is 19.5 Å². The summed E-state index contributed by atoms with van der Waals surface area (Å²) in [6.45, 7) is 0. The fourth-order valence-electron chi connectivity index (χ4n) is 10.2. The van der Waals surface area contributed by atoms with Gasteiger partial charge in [-0.1, -0.05) is 176 Å². The molecule has 0 bridgehead atoms. The van der Waals surface area contributed by atoms with Crippen LogP contribution < -0.4 is 0 Å². The molecule has 0 atom stereocenters. The van der Waals surface area contributed by atoms with E-state index < -0.39 is 0 Å². The fraction of sp³-hybridized carbons (Fsp3) is 0. The molecule has 0 radical (unpaired) electrons. The predicted molar refractivity (Wildman–Crippen MR) is 273 cm³/mol. The summed E-state index contributed by atoms with van der Waals surface area (Å²) >= 11 is 0. The maximum absolute atomic E-state index is 6.90. The van der Waals surface area contributed by atoms with Gasteiger partial charge >= 0.3 is 0 Å². The molecule has 5 heteroatoms. The summed E-state index contributed by atoms with van der Waals surface area (Å²) in [7, 11) is 0. The van der Waals surface area contributed by atoms with Crippen LogP contribution in [0.1, 0.15) is 0 Å². The van der Waals surface area contributed by atoms with Crippen molar-refractivity contribution in [2.75, 3.05) is 0 Å². The molecule has 0 aliphatic carbocycles. The van der Waals surface area contributed by atoms with Crippen LogP contribution in [0.3, 0.4) is 0 Å². The van der Waals surface area contributed by atoms with Crippen molar-refractivity contribution in [3.8, 4) is 51.0 Å². The Labute approximate surface area is 378 Å². The van der Waals surface area contributed by atoms with E-state index in [0.29, 0.717) is 17.5 Å². The number of nitrogens with zero attached hydrogens (tertiary/aromatic N) is 4. The Morgan fingerprint density at radius 1 is 0.303 bits per heavy atom. The molecule has 0 saturated heterocycles. The Morgan fingerprint density at radius 2 is 0.864 bits per heavy atom. The first kappa shape index (κ1) is 36.5. The summed E-state index contributed by atoms with van der Waals surface area (Å²) in [5, 5.41) is 13.9. The van der Waals surface area contributed by atoms with Crippen LogP contribution in [0.4, 0.5) is 0 Å². The van der Waals surface area contributed by atoms with E-state index >= 15 is 0 Å². The maximum atomic E-state index is 6.90. The lowest BCUT2D eigenvalue weighted by atomic mass is 10.00. The van der Waals surface area contributed by atoms with Crippen LogP contribution in [0.15, 0.2) is 223 Å². The van der Waals surface area contributed by atoms with Gasteiger partial charge in [-0.3, -0.25) is 0 Å². The molecule has 3 heterocycles. The lowest BCUT2D eigenvalue weighted by Crippen LogP contribution is -2.01. The van der Waals surface area contributed by atoms with E-state index in [2.05, 4.69) is 205 Å². The molecule has 0 N–H and O–H groups in total. The van der Waals surface area contributed by atoms with E-state index in [1.165, 1.54) is 48.5 Å². The van der Waals surface area contributed by atoms with Crippen molar-refractivity contribution in [3.63, 3.8) is 0 Å². The molecule has 0 aliphatic rings. The van der Waals surface area contributed by atoms with Gasteiger partial charge in [0.2, 0.25) is 0 Å². The third kappa shape index (κ3) is 5.70. The van der Waals surface area contributed by atoms with Gasteiger partial charge in [0.05, 0.1) is 16.7 Å². The van der Waals surface area contributed by atoms with Crippen LogP contribution in [0.2, 0.25) is 0 Å². The van der Waals surface area contributed by atoms with E-state index in [1.54, 1.807) is 0 Å². The van der Waals surface area contributed by atoms with Gasteiger partial charge in [0.25, 0.3) is 0 Å². The highest BCUT2D eigenvalue weighted by atomic mass is 16.3. The van der Waals surface area contributed by atoms with Gasteiger partial charge in [-0.05, 0) is 96.7 Å². The number of rotatable bonds is 5. The van der Waals surface area contributed by atoms with Gasteiger partial charge in [0.15, 0.2) is 23.1 Å². The van der Waals surface area contributed by atoms with E-state index in [-0.39, 0.29) is 0 Å². The quantitative estimate of drug-likeness (QED) is 0.162. The normalized spacial score (nSPS) is 11.9. The van der Waals surface area contributed by atoms with Gasteiger partial charge in [-0.25, -0.2) is 15.0 Å². The third-order valence-corrected chi connectivity index (χ3v) is 13.4. The van der Waals surface area contributed by atoms with Gasteiger partial charge < -0.3 is 8.98 Å². The monoisotopic (exact) mass is 840 g/mol. The zero-order chi connectivity index (χ0) is 43.3. The second kappa shape index (κ2) is 14.3. The molecule has 0 saturated carbocycles. The van der Waals surface area contributed by atoms with Crippen LogP contribution in [-0.4, -0.2) is 19.5 Å². The molecule has 11 aromatic carbocycles. The molecule has 14 rings (SSSR count). The van der Waals surface area contributed by atoms with Crippen molar-refractivity contribution in [2.45, 2.75) is 0 Å². The van der Waals surface area contributed by atoms with Crippen molar-refractivity contribution < 1.29 is 4.42 Å². The van der Waals surface area contributed by atoms with E-state index in [0.717, 1.165) is 71.9 Å². The summed E-state index contributed by atoms with van der Waals surface area (Å²) in [6, 6.07) is 77.5. The highest BCUT2D eigenvalue weighted by Gasteiger charge is 2.23. The zero-order valence-corrected chi connectivity index (χ0v) is 35.5. The Bertz CT molecular complexity index is 4280. The number of aromatic nitrogens is 4. The summed E-state index contributed by atoms with van der Waals surface area (Å²) in [6.07, 6.45) is 0. The second-order valence-corrected chi connectivity index (χ2v) is 17.2. The maximum Gasteiger partial charge on any atom is 0.164 e. The summed E-state index contributed by atoms with van der Waals surface area (Å²) < 4.78 is 9.29. The first-order valence-electron chi connectivity index (χ1n) is 22.3. The Morgan fingerprint density at radius 3 is 1.67 bits per heavy atom. The molecule has 3 aromatic heterocycles. The van der Waals surface area contributed by atoms with Crippen molar-refractivity contribution in [2.24, 2.45) is 0 Å². The van der Waals surface area contributed by atoms with Crippen molar-refractivity contribution >= 4 is 86.8 Å². The van der Waals surface area contributed by atoms with E-state index in [9.17, 15) is 0 Å². The SMILES string of the molecule is c1ccc(-c2ccc(-c3nc(-c4ccc5c(ccc6ccccc65)c4)nc(-c4cc(-n5c6cc7ccccc7cc6c6c7ccccc7ccc65)c5oc6ccccc6c5c4)n3)cc2)cc1. The largest absolute Gasteiger partial charge is 0.454 e. The minimum absolute atomic E-state index is 0.575. The number of benzene rings is 11. The van der Waals surface area contributed by atoms with Gasteiger partial charge in [-0.15, -0.1) is 0 Å². The van der Waals surface area contributed by atoms with Crippen LogP contribution in [0, 0.1) is 0 Å². The molecule has 14 aromatic rings. The highest BCUT2D eigenvalue weighted by molar-refractivity contribution is 6.24. The summed E-state index contributed by atoms with van der Waals surface area (Å²) in [5.74, 6) is 1.78. The van der Waals surface area contributed by atoms with Gasteiger partial charge in [0.1, 0.15) is 5.58 Å². The molecular weight excluding hydrogens is 805 g/mol. The third-order valence-electron chi connectivity index (χ3n) is 13.4. The first-order chi connectivity index (χ1) is 32.7. The number of hydrogen-bond acceptors (Lipinski definition) is 4. The first-order valence-corrected chi connectivity index (χ1v) is 22.3. The molecular formula is C61H36N4O. The zero-order valence-electron chi connectivity index (χ0n) is 35.5. The predicted octanol–water partition coefficient (Wildman–Crippen LogP) is 16.1. The number of para-hydroxylation sites is 1. The van der Waals surface area contributed by atoms with Gasteiger partial charge in [0, 0.05) is 38.2 Å². The Hall–Kier alpha value is -8.93. The highest BCUT2D eigenvalue weighted by Crippen LogP contribution is 2.43. The smallest absolute Gasteiger partial charge is 0.164 e. The second-order valence-electron chi connectivity index (χ2n) is 17.2. The van der Waals surface area contributed by atoms with Crippen LogP contribution in [0.5, 0.6) is 0 Å². The lowest BCUT2D eigenvalue weighted by molar-refractivity contribution is 0.666. The number of fused-ring (bicyclic) bond motifs is 12. The fourth-order valence-corrected chi connectivity index (χ4v) is 10.2. The molecule has 5 nitrogen and oxygen atoms in total. The molecule has 66 heavy (non-hydrogen) atoms. The minimum atomic E-state index is 0.575. The standard InChI is InChI=1S/C61H36N4O/c1-2-12-37(13-3-1)38-22-25-41(26-23-38)59-62-60(45-28-30-48-44(32-45)27-24-39-14-6-8-18-47(39)48)64-61(63-59)46-34-51-50-20-10-11-21-56(50)66-58(51)55(36-46)65-53-31-29-40-15-7-9-19-49(40)57(53)52-33-42-16-4-5-17-43(42)35-54(52)65/h1-36H. The topological polar surface area (TPSA) is 56.7 Å². The molecule has 0 unspecified atom stereocenters. The average molecular weight is 841 g/mol.